The Kier molecular flexibility index (Phi) is 5.56. The molecule has 0 aliphatic carbocycles. The molecule has 3 heterocycles. The molecule has 8 nitrogen and oxygen atoms in total. The number of aromatic nitrogens is 5. The fraction of sp³-hybridized carbons (Fsp3) is 0. The van der Waals surface area contributed by atoms with Gasteiger partial charge >= 0.3 is 0 Å². The van der Waals surface area contributed by atoms with Gasteiger partial charge in [-0.3, -0.25) is 19.7 Å². The Balaban J connectivity index is 1.54. The summed E-state index contributed by atoms with van der Waals surface area (Å²) in [6.07, 6.45) is 1.68. The van der Waals surface area contributed by atoms with Crippen LogP contribution in [0.3, 0.4) is 0 Å². The summed E-state index contributed by atoms with van der Waals surface area (Å²) in [6, 6.07) is 36.1. The molecule has 0 fully saturated rings. The number of fused-ring (bicyclic) bond motifs is 3. The third-order valence-electron chi connectivity index (χ3n) is 6.81. The van der Waals surface area contributed by atoms with E-state index in [4.69, 9.17) is 19.9 Å². The van der Waals surface area contributed by atoms with Gasteiger partial charge in [-0.15, -0.1) is 0 Å². The van der Waals surface area contributed by atoms with Crippen LogP contribution in [-0.4, -0.2) is 29.4 Å². The van der Waals surface area contributed by atoms with Gasteiger partial charge in [-0.2, -0.15) is 9.97 Å². The normalized spacial score (nSPS) is 11.2. The maximum atomic E-state index is 11.8. The predicted molar refractivity (Wildman–Crippen MR) is 155 cm³/mol. The molecule has 0 saturated carbocycles. The van der Waals surface area contributed by atoms with Crippen LogP contribution in [0.1, 0.15) is 0 Å². The molecule has 0 radical (unpaired) electrons. The quantitative estimate of drug-likeness (QED) is 0.175. The molecule has 40 heavy (non-hydrogen) atoms. The van der Waals surface area contributed by atoms with Crippen LogP contribution >= 0.6 is 0 Å². The summed E-state index contributed by atoms with van der Waals surface area (Å²) in [6.45, 7) is 0. The average Bonchev–Trinajstić information content (AvgIpc) is 3.35. The van der Waals surface area contributed by atoms with Crippen molar-refractivity contribution in [2.24, 2.45) is 0 Å². The van der Waals surface area contributed by atoms with Crippen LogP contribution in [0.15, 0.2) is 121 Å². The highest BCUT2D eigenvalue weighted by atomic mass is 16.6. The van der Waals surface area contributed by atoms with E-state index in [-0.39, 0.29) is 10.6 Å². The van der Waals surface area contributed by atoms with Crippen LogP contribution < -0.4 is 0 Å². The van der Waals surface area contributed by atoms with E-state index in [0.29, 0.717) is 28.7 Å². The summed E-state index contributed by atoms with van der Waals surface area (Å²) in [7, 11) is 0. The maximum absolute atomic E-state index is 11.8. The number of nitro groups is 1. The minimum absolute atomic E-state index is 0.0178. The van der Waals surface area contributed by atoms with E-state index in [2.05, 4.69) is 0 Å². The molecule has 7 rings (SSSR count). The van der Waals surface area contributed by atoms with Crippen LogP contribution in [0.2, 0.25) is 0 Å². The molecule has 0 saturated heterocycles. The van der Waals surface area contributed by atoms with Crippen LogP contribution in [-0.2, 0) is 0 Å². The molecule has 7 aromatic rings. The number of benzene rings is 4. The summed E-state index contributed by atoms with van der Waals surface area (Å²) < 4.78 is 1.95. The largest absolute Gasteiger partial charge is 0.277 e. The van der Waals surface area contributed by atoms with E-state index in [9.17, 15) is 10.1 Å². The second-order valence-electron chi connectivity index (χ2n) is 9.23. The molecule has 0 aliphatic heterocycles. The Morgan fingerprint density at radius 1 is 0.625 bits per heavy atom. The first-order valence-corrected chi connectivity index (χ1v) is 12.7. The molecule has 0 spiro atoms. The van der Waals surface area contributed by atoms with E-state index >= 15 is 0 Å². The molecule has 0 atom stereocenters. The smallest absolute Gasteiger partial charge is 0.276 e. The topological polar surface area (TPSA) is 99.6 Å². The highest BCUT2D eigenvalue weighted by molar-refractivity contribution is 6.07. The maximum Gasteiger partial charge on any atom is 0.277 e. The molecule has 3 aromatic heterocycles. The lowest BCUT2D eigenvalue weighted by molar-refractivity contribution is -0.384. The van der Waals surface area contributed by atoms with Gasteiger partial charge < -0.3 is 0 Å². The average molecular weight is 521 g/mol. The number of nitrogens with zero attached hydrogens (tertiary/aromatic N) is 6. The summed E-state index contributed by atoms with van der Waals surface area (Å²) in [4.78, 5) is 30.9. The summed E-state index contributed by atoms with van der Waals surface area (Å²) in [5, 5.41) is 12.7. The summed E-state index contributed by atoms with van der Waals surface area (Å²) >= 11 is 0. The standard InChI is InChI=1S/C32H20N6O2/c39-38(40)27-18-10-7-15-24(27)23-19-28-29(33-20-23)25-16-8-9-17-26(25)37(28)32-35-30(21-11-3-1-4-12-21)34-31(36-32)22-13-5-2-6-14-22/h1-20H. The second-order valence-corrected chi connectivity index (χ2v) is 9.23. The Hall–Kier alpha value is -5.76. The van der Waals surface area contributed by atoms with Gasteiger partial charge in [-0.25, -0.2) is 4.98 Å². The van der Waals surface area contributed by atoms with E-state index in [1.807, 2.05) is 95.6 Å². The Bertz CT molecular complexity index is 1980. The van der Waals surface area contributed by atoms with Crippen molar-refractivity contribution in [3.05, 3.63) is 132 Å². The van der Waals surface area contributed by atoms with E-state index < -0.39 is 0 Å². The minimum atomic E-state index is -0.376. The van der Waals surface area contributed by atoms with E-state index in [0.717, 1.165) is 33.1 Å². The lowest BCUT2D eigenvalue weighted by Crippen LogP contribution is -2.06. The molecule has 190 valence electrons. The Morgan fingerprint density at radius 3 is 1.90 bits per heavy atom. The SMILES string of the molecule is O=[N+]([O-])c1ccccc1-c1cnc2c3ccccc3n(-c3nc(-c4ccccc4)nc(-c4ccccc4)n3)c2c1. The Labute approximate surface area is 228 Å². The third kappa shape index (κ3) is 3.95. The van der Waals surface area contributed by atoms with Crippen molar-refractivity contribution >= 4 is 27.6 Å². The first-order chi connectivity index (χ1) is 19.7. The number of pyridine rings is 1. The van der Waals surface area contributed by atoms with Crippen LogP contribution in [0.25, 0.3) is 61.8 Å². The zero-order valence-electron chi connectivity index (χ0n) is 21.0. The number of hydrogen-bond acceptors (Lipinski definition) is 6. The van der Waals surface area contributed by atoms with Gasteiger partial charge in [0.1, 0.15) is 0 Å². The Morgan fingerprint density at radius 2 is 1.23 bits per heavy atom. The van der Waals surface area contributed by atoms with Crippen LogP contribution in [0.4, 0.5) is 5.69 Å². The van der Waals surface area contributed by atoms with Crippen LogP contribution in [0, 0.1) is 10.1 Å². The van der Waals surface area contributed by atoms with Crippen molar-refractivity contribution in [1.29, 1.82) is 0 Å². The predicted octanol–water partition coefficient (Wildman–Crippen LogP) is 7.27. The van der Waals surface area contributed by atoms with Gasteiger partial charge in [-0.05, 0) is 18.2 Å². The van der Waals surface area contributed by atoms with Gasteiger partial charge in [0.15, 0.2) is 11.6 Å². The number of para-hydroxylation sites is 2. The highest BCUT2D eigenvalue weighted by Crippen LogP contribution is 2.35. The molecular formula is C32H20N6O2. The lowest BCUT2D eigenvalue weighted by Gasteiger charge is -2.11. The van der Waals surface area contributed by atoms with Crippen molar-refractivity contribution in [1.82, 2.24) is 24.5 Å². The van der Waals surface area contributed by atoms with Gasteiger partial charge in [0, 0.05) is 34.3 Å². The van der Waals surface area contributed by atoms with Gasteiger partial charge in [0.2, 0.25) is 5.95 Å². The van der Waals surface area contributed by atoms with Crippen molar-refractivity contribution in [3.63, 3.8) is 0 Å². The van der Waals surface area contributed by atoms with Crippen molar-refractivity contribution in [2.75, 3.05) is 0 Å². The summed E-state index contributed by atoms with van der Waals surface area (Å²) in [5.74, 6) is 1.51. The number of rotatable bonds is 5. The second kappa shape index (κ2) is 9.52. The zero-order valence-corrected chi connectivity index (χ0v) is 21.0. The molecule has 8 heteroatoms. The third-order valence-corrected chi connectivity index (χ3v) is 6.81. The van der Waals surface area contributed by atoms with E-state index in [1.165, 1.54) is 6.07 Å². The fourth-order valence-corrected chi connectivity index (χ4v) is 4.97. The molecule has 0 amide bonds. The van der Waals surface area contributed by atoms with E-state index in [1.54, 1.807) is 24.4 Å². The fourth-order valence-electron chi connectivity index (χ4n) is 4.97. The zero-order chi connectivity index (χ0) is 27.1. The van der Waals surface area contributed by atoms with Gasteiger partial charge in [0.05, 0.1) is 27.0 Å². The lowest BCUT2D eigenvalue weighted by atomic mass is 10.1. The molecule has 0 unspecified atom stereocenters. The molecule has 0 N–H and O–H groups in total. The molecule has 0 aliphatic rings. The van der Waals surface area contributed by atoms with Crippen molar-refractivity contribution in [3.8, 4) is 39.9 Å². The molecule has 4 aromatic carbocycles. The number of nitro benzene ring substituents is 1. The van der Waals surface area contributed by atoms with Gasteiger partial charge in [-0.1, -0.05) is 91.0 Å². The molecular weight excluding hydrogens is 500 g/mol. The monoisotopic (exact) mass is 520 g/mol. The molecule has 0 bridgehead atoms. The van der Waals surface area contributed by atoms with Gasteiger partial charge in [0.25, 0.3) is 5.69 Å². The first kappa shape index (κ1) is 23.4. The van der Waals surface area contributed by atoms with Crippen molar-refractivity contribution in [2.45, 2.75) is 0 Å². The van der Waals surface area contributed by atoms with Crippen molar-refractivity contribution < 1.29 is 4.92 Å². The minimum Gasteiger partial charge on any atom is -0.276 e. The van der Waals surface area contributed by atoms with Crippen LogP contribution in [0.5, 0.6) is 0 Å². The number of hydrogen-bond donors (Lipinski definition) is 0. The summed E-state index contributed by atoms with van der Waals surface area (Å²) in [5.41, 5.74) is 5.22. The first-order valence-electron chi connectivity index (χ1n) is 12.7. The highest BCUT2D eigenvalue weighted by Gasteiger charge is 2.21.